The quantitative estimate of drug-likeness (QED) is 0.615. The van der Waals surface area contributed by atoms with E-state index in [1.165, 1.54) is 12.2 Å². The van der Waals surface area contributed by atoms with Crippen LogP contribution in [0.4, 0.5) is 0 Å². The average Bonchev–Trinajstić information content (AvgIpc) is 2.62. The van der Waals surface area contributed by atoms with Crippen LogP contribution in [0.15, 0.2) is 48.6 Å². The predicted octanol–water partition coefficient (Wildman–Crippen LogP) is 1.16. The fourth-order valence-electron chi connectivity index (χ4n) is 4.54. The normalized spacial score (nSPS) is 34.3. The van der Waals surface area contributed by atoms with Gasteiger partial charge in [0.05, 0.1) is 29.4 Å². The topological polar surface area (TPSA) is 96.2 Å². The van der Waals surface area contributed by atoms with Gasteiger partial charge in [-0.05, 0) is 17.5 Å². The van der Waals surface area contributed by atoms with E-state index in [1.807, 2.05) is 24.3 Å². The average molecular weight is 354 g/mol. The highest BCUT2D eigenvalue weighted by molar-refractivity contribution is 5.94. The van der Waals surface area contributed by atoms with Gasteiger partial charge in [-0.15, -0.1) is 0 Å². The SMILES string of the molecule is O=C1CC(O)C2(Oc3cccc4cccc(c34)O2)C2C(O)C=CC(O)C12. The van der Waals surface area contributed by atoms with E-state index in [0.717, 1.165) is 10.8 Å². The number of Topliss-reactive ketones (excluding diaryl/α,β-unsaturated/α-hetero) is 1. The van der Waals surface area contributed by atoms with Gasteiger partial charge in [-0.1, -0.05) is 36.4 Å². The van der Waals surface area contributed by atoms with Crippen LogP contribution in [-0.4, -0.2) is 45.2 Å². The van der Waals surface area contributed by atoms with Crippen LogP contribution in [0.1, 0.15) is 6.42 Å². The zero-order valence-corrected chi connectivity index (χ0v) is 13.8. The molecule has 0 aromatic heterocycles. The first-order valence-corrected chi connectivity index (χ1v) is 8.66. The molecule has 2 aliphatic carbocycles. The summed E-state index contributed by atoms with van der Waals surface area (Å²) in [5.41, 5.74) is 0. The van der Waals surface area contributed by atoms with Gasteiger partial charge < -0.3 is 24.8 Å². The van der Waals surface area contributed by atoms with Crippen LogP contribution < -0.4 is 9.47 Å². The summed E-state index contributed by atoms with van der Waals surface area (Å²) in [7, 11) is 0. The van der Waals surface area contributed by atoms with Gasteiger partial charge in [-0.3, -0.25) is 4.79 Å². The molecule has 1 heterocycles. The number of aliphatic hydroxyl groups excluding tert-OH is 3. The molecule has 5 rings (SSSR count). The molecule has 134 valence electrons. The van der Waals surface area contributed by atoms with Crippen molar-refractivity contribution in [3.63, 3.8) is 0 Å². The smallest absolute Gasteiger partial charge is 0.283 e. The summed E-state index contributed by atoms with van der Waals surface area (Å²) in [5, 5.41) is 33.4. The van der Waals surface area contributed by atoms with Gasteiger partial charge in [0.1, 0.15) is 23.4 Å². The number of fused-ring (bicyclic) bond motifs is 2. The molecule has 3 N–H and O–H groups in total. The number of hydrogen-bond acceptors (Lipinski definition) is 6. The second-order valence-corrected chi connectivity index (χ2v) is 7.14. The second kappa shape index (κ2) is 5.30. The van der Waals surface area contributed by atoms with Crippen LogP contribution >= 0.6 is 0 Å². The van der Waals surface area contributed by atoms with Crippen molar-refractivity contribution in [2.75, 3.05) is 0 Å². The third-order valence-electron chi connectivity index (χ3n) is 5.69. The number of aliphatic hydroxyl groups is 3. The third-order valence-corrected chi connectivity index (χ3v) is 5.69. The van der Waals surface area contributed by atoms with E-state index >= 15 is 0 Å². The number of ketones is 1. The molecule has 3 aliphatic rings. The third kappa shape index (κ3) is 1.95. The molecule has 0 saturated heterocycles. The van der Waals surface area contributed by atoms with Gasteiger partial charge in [0.25, 0.3) is 5.79 Å². The fraction of sp³-hybridized carbons (Fsp3) is 0.350. The molecule has 1 saturated carbocycles. The first-order chi connectivity index (χ1) is 12.5. The minimum absolute atomic E-state index is 0.211. The van der Waals surface area contributed by atoms with Crippen LogP contribution in [0, 0.1) is 11.8 Å². The molecule has 1 spiro atoms. The number of benzene rings is 2. The van der Waals surface area contributed by atoms with Gasteiger partial charge in [0.15, 0.2) is 0 Å². The van der Waals surface area contributed by atoms with Crippen LogP contribution in [0.5, 0.6) is 11.5 Å². The summed E-state index contributed by atoms with van der Waals surface area (Å²) in [5.74, 6) is -2.74. The highest BCUT2D eigenvalue weighted by Crippen LogP contribution is 2.51. The molecule has 1 aliphatic heterocycles. The monoisotopic (exact) mass is 354 g/mol. The Morgan fingerprint density at radius 3 is 2.19 bits per heavy atom. The van der Waals surface area contributed by atoms with Crippen molar-refractivity contribution in [3.8, 4) is 11.5 Å². The number of hydrogen-bond donors (Lipinski definition) is 3. The Bertz CT molecular complexity index is 894. The van der Waals surface area contributed by atoms with E-state index in [9.17, 15) is 20.1 Å². The zero-order valence-electron chi connectivity index (χ0n) is 13.8. The van der Waals surface area contributed by atoms with Crippen LogP contribution in [-0.2, 0) is 4.79 Å². The predicted molar refractivity (Wildman–Crippen MR) is 91.7 cm³/mol. The lowest BCUT2D eigenvalue weighted by molar-refractivity contribution is -0.264. The minimum atomic E-state index is -1.65. The van der Waals surface area contributed by atoms with Crippen LogP contribution in [0.25, 0.3) is 10.8 Å². The lowest BCUT2D eigenvalue weighted by atomic mass is 9.65. The highest BCUT2D eigenvalue weighted by atomic mass is 16.7. The van der Waals surface area contributed by atoms with Crippen LogP contribution in [0.3, 0.4) is 0 Å². The van der Waals surface area contributed by atoms with Crippen molar-refractivity contribution in [2.24, 2.45) is 11.8 Å². The molecule has 2 aromatic rings. The summed E-state index contributed by atoms with van der Waals surface area (Å²) >= 11 is 0. The van der Waals surface area contributed by atoms with E-state index in [1.54, 1.807) is 12.1 Å². The zero-order chi connectivity index (χ0) is 18.1. The Hall–Kier alpha value is -2.41. The molecule has 0 radical (unpaired) electrons. The van der Waals surface area contributed by atoms with Crippen molar-refractivity contribution in [1.82, 2.24) is 0 Å². The molecule has 5 atom stereocenters. The van der Waals surface area contributed by atoms with Gasteiger partial charge in [-0.25, -0.2) is 0 Å². The van der Waals surface area contributed by atoms with Gasteiger partial charge in [0, 0.05) is 6.42 Å². The Kier molecular flexibility index (Phi) is 3.22. The van der Waals surface area contributed by atoms with Crippen molar-refractivity contribution in [2.45, 2.75) is 30.5 Å². The van der Waals surface area contributed by atoms with Gasteiger partial charge >= 0.3 is 0 Å². The number of rotatable bonds is 0. The van der Waals surface area contributed by atoms with Crippen molar-refractivity contribution >= 4 is 16.6 Å². The molecule has 6 nitrogen and oxygen atoms in total. The Morgan fingerprint density at radius 2 is 1.54 bits per heavy atom. The molecule has 2 aromatic carbocycles. The summed E-state index contributed by atoms with van der Waals surface area (Å²) in [4.78, 5) is 12.5. The molecule has 26 heavy (non-hydrogen) atoms. The largest absolute Gasteiger partial charge is 0.449 e. The maximum atomic E-state index is 12.5. The van der Waals surface area contributed by atoms with E-state index in [0.29, 0.717) is 11.5 Å². The van der Waals surface area contributed by atoms with E-state index in [2.05, 4.69) is 0 Å². The van der Waals surface area contributed by atoms with Crippen molar-refractivity contribution < 1.29 is 29.6 Å². The lowest BCUT2D eigenvalue weighted by Gasteiger charge is -2.53. The lowest BCUT2D eigenvalue weighted by Crippen LogP contribution is -2.70. The summed E-state index contributed by atoms with van der Waals surface area (Å²) in [6, 6.07) is 11.1. The molecule has 0 amide bonds. The highest BCUT2D eigenvalue weighted by Gasteiger charge is 2.64. The maximum absolute atomic E-state index is 12.5. The summed E-state index contributed by atoms with van der Waals surface area (Å²) in [6.45, 7) is 0. The van der Waals surface area contributed by atoms with Crippen molar-refractivity contribution in [3.05, 3.63) is 48.6 Å². The van der Waals surface area contributed by atoms with E-state index in [4.69, 9.17) is 9.47 Å². The first kappa shape index (κ1) is 15.8. The van der Waals surface area contributed by atoms with Crippen molar-refractivity contribution in [1.29, 1.82) is 0 Å². The Balaban J connectivity index is 1.70. The second-order valence-electron chi connectivity index (χ2n) is 7.14. The molecule has 6 heteroatoms. The number of carbonyl (C=O) groups excluding carboxylic acids is 1. The Labute approximate surface area is 149 Å². The first-order valence-electron chi connectivity index (χ1n) is 8.66. The van der Waals surface area contributed by atoms with Gasteiger partial charge in [0.2, 0.25) is 0 Å². The molecule has 0 bridgehead atoms. The van der Waals surface area contributed by atoms with Gasteiger partial charge in [-0.2, -0.15) is 0 Å². The molecular weight excluding hydrogens is 336 g/mol. The number of ether oxygens (including phenoxy) is 2. The minimum Gasteiger partial charge on any atom is -0.449 e. The Morgan fingerprint density at radius 1 is 0.923 bits per heavy atom. The summed E-state index contributed by atoms with van der Waals surface area (Å²) < 4.78 is 12.3. The maximum Gasteiger partial charge on any atom is 0.283 e. The number of carbonyl (C=O) groups is 1. The molecular formula is C20H18O6. The standard InChI is InChI=1S/C20H18O6/c21-11-7-8-12(22)19-18(11)13(23)9-16(24)20(19)25-14-5-1-3-10-4-2-6-15(26-20)17(10)14/h1-8,11-12,16,18-19,21-22,24H,9H2. The molecule has 5 unspecified atom stereocenters. The van der Waals surface area contributed by atoms with E-state index in [-0.39, 0.29) is 12.2 Å². The fourth-order valence-corrected chi connectivity index (χ4v) is 4.54. The molecule has 1 fully saturated rings. The van der Waals surface area contributed by atoms with E-state index < -0.39 is 35.9 Å². The van der Waals surface area contributed by atoms with Crippen LogP contribution in [0.2, 0.25) is 0 Å². The summed E-state index contributed by atoms with van der Waals surface area (Å²) in [6.07, 6.45) is -0.795.